The number of hydrazone groups is 1. The number of anilines is 1. The largest absolute Gasteiger partial charge is 0.285 e. The maximum Gasteiger partial charge on any atom is 0.285 e. The number of hydrogen-bond acceptors (Lipinski definition) is 4. The van der Waals surface area contributed by atoms with E-state index in [4.69, 9.17) is 23.2 Å². The van der Waals surface area contributed by atoms with E-state index in [0.717, 1.165) is 0 Å². The number of nitrogens with zero attached hydrogens (tertiary/aromatic N) is 2. The quantitative estimate of drug-likeness (QED) is 0.676. The molecule has 0 atom stereocenters. The molecule has 1 aromatic carbocycles. The summed E-state index contributed by atoms with van der Waals surface area (Å²) in [4.78, 5) is 11.2. The number of aromatic amines is 1. The van der Waals surface area contributed by atoms with Gasteiger partial charge in [0.1, 0.15) is 16.5 Å². The van der Waals surface area contributed by atoms with Crippen LogP contribution in [-0.2, 0) is 0 Å². The standard InChI is InChI=1S/C11H7Cl2FN4O/c12-7-2-1-3-8(14)6(7)4-15-17-9-5-16-18-11(19)10(9)13/h1-5H,(H2,17,18,19). The highest BCUT2D eigenvalue weighted by Gasteiger charge is 2.05. The third-order valence-corrected chi connectivity index (χ3v) is 2.88. The molecule has 0 radical (unpaired) electrons. The van der Waals surface area contributed by atoms with E-state index in [2.05, 4.69) is 20.7 Å². The van der Waals surface area contributed by atoms with Crippen LogP contribution in [0.4, 0.5) is 10.1 Å². The first-order valence-electron chi connectivity index (χ1n) is 5.06. The number of hydrogen-bond donors (Lipinski definition) is 2. The Labute approximate surface area is 117 Å². The van der Waals surface area contributed by atoms with Crippen LogP contribution in [0, 0.1) is 5.82 Å². The van der Waals surface area contributed by atoms with E-state index >= 15 is 0 Å². The summed E-state index contributed by atoms with van der Waals surface area (Å²) in [6, 6.07) is 4.28. The molecule has 0 bridgehead atoms. The van der Waals surface area contributed by atoms with Crippen LogP contribution in [0.3, 0.4) is 0 Å². The molecule has 0 saturated heterocycles. The number of nitrogens with one attached hydrogen (secondary N) is 2. The minimum Gasteiger partial charge on any atom is -0.275 e. The third-order valence-electron chi connectivity index (χ3n) is 2.17. The Morgan fingerprint density at radius 2 is 2.21 bits per heavy atom. The SMILES string of the molecule is O=c1[nH]ncc(NN=Cc2c(F)cccc2Cl)c1Cl. The molecule has 5 nitrogen and oxygen atoms in total. The van der Waals surface area contributed by atoms with Gasteiger partial charge in [0.2, 0.25) is 0 Å². The van der Waals surface area contributed by atoms with Crippen LogP contribution in [0.5, 0.6) is 0 Å². The van der Waals surface area contributed by atoms with Crippen molar-refractivity contribution in [2.75, 3.05) is 5.43 Å². The minimum absolute atomic E-state index is 0.0909. The van der Waals surface area contributed by atoms with Gasteiger partial charge in [-0.15, -0.1) is 0 Å². The van der Waals surface area contributed by atoms with E-state index in [1.807, 2.05) is 0 Å². The molecule has 2 aromatic rings. The van der Waals surface area contributed by atoms with Crippen LogP contribution in [-0.4, -0.2) is 16.4 Å². The molecule has 0 aliphatic heterocycles. The number of halogens is 3. The lowest BCUT2D eigenvalue weighted by atomic mass is 10.2. The summed E-state index contributed by atoms with van der Waals surface area (Å²) in [6.07, 6.45) is 2.47. The van der Waals surface area contributed by atoms with E-state index in [1.165, 1.54) is 30.6 Å². The molecule has 8 heteroatoms. The van der Waals surface area contributed by atoms with Crippen molar-refractivity contribution in [3.8, 4) is 0 Å². The van der Waals surface area contributed by atoms with Crippen LogP contribution < -0.4 is 11.0 Å². The van der Waals surface area contributed by atoms with Crippen molar-refractivity contribution in [2.24, 2.45) is 5.10 Å². The van der Waals surface area contributed by atoms with Gasteiger partial charge in [-0.25, -0.2) is 9.49 Å². The Morgan fingerprint density at radius 3 is 2.95 bits per heavy atom. The summed E-state index contributed by atoms with van der Waals surface area (Å²) < 4.78 is 13.4. The highest BCUT2D eigenvalue weighted by atomic mass is 35.5. The number of H-pyrrole nitrogens is 1. The summed E-state index contributed by atoms with van der Waals surface area (Å²) in [5.74, 6) is -0.506. The predicted octanol–water partition coefficient (Wildman–Crippen LogP) is 2.66. The molecule has 0 unspecified atom stereocenters. The predicted molar refractivity (Wildman–Crippen MR) is 72.5 cm³/mol. The van der Waals surface area contributed by atoms with E-state index in [1.54, 1.807) is 0 Å². The van der Waals surface area contributed by atoms with E-state index in [0.29, 0.717) is 0 Å². The van der Waals surface area contributed by atoms with Gasteiger partial charge in [-0.2, -0.15) is 10.2 Å². The average molecular weight is 301 g/mol. The molecule has 19 heavy (non-hydrogen) atoms. The van der Waals surface area contributed by atoms with E-state index in [9.17, 15) is 9.18 Å². The highest BCUT2D eigenvalue weighted by molar-refractivity contribution is 6.33. The Kier molecular flexibility index (Phi) is 4.13. The molecule has 0 aliphatic carbocycles. The van der Waals surface area contributed by atoms with Crippen molar-refractivity contribution < 1.29 is 4.39 Å². The average Bonchev–Trinajstić information content (AvgIpc) is 2.38. The summed E-state index contributed by atoms with van der Waals surface area (Å²) in [6.45, 7) is 0. The normalized spacial score (nSPS) is 10.9. The topological polar surface area (TPSA) is 70.1 Å². The summed E-state index contributed by atoms with van der Waals surface area (Å²) in [7, 11) is 0. The molecule has 0 spiro atoms. The highest BCUT2D eigenvalue weighted by Crippen LogP contribution is 2.17. The Bertz CT molecular complexity index is 666. The van der Waals surface area contributed by atoms with Gasteiger partial charge in [0.05, 0.1) is 17.4 Å². The molecule has 98 valence electrons. The first-order chi connectivity index (χ1) is 9.09. The molecule has 0 saturated carbocycles. The molecule has 1 aromatic heterocycles. The van der Waals surface area contributed by atoms with Crippen LogP contribution in [0.1, 0.15) is 5.56 Å². The lowest BCUT2D eigenvalue weighted by molar-refractivity contribution is 0.626. The number of rotatable bonds is 3. The first kappa shape index (κ1) is 13.5. The molecular weight excluding hydrogens is 294 g/mol. The zero-order chi connectivity index (χ0) is 13.8. The molecule has 0 fully saturated rings. The van der Waals surface area contributed by atoms with Crippen molar-refractivity contribution in [1.29, 1.82) is 0 Å². The fourth-order valence-electron chi connectivity index (χ4n) is 1.26. The molecule has 2 rings (SSSR count). The molecular formula is C11H7Cl2FN4O. The van der Waals surface area contributed by atoms with Gasteiger partial charge in [0.25, 0.3) is 5.56 Å². The molecule has 1 heterocycles. The van der Waals surface area contributed by atoms with Gasteiger partial charge < -0.3 is 0 Å². The number of benzene rings is 1. The van der Waals surface area contributed by atoms with Crippen molar-refractivity contribution >= 4 is 35.1 Å². The van der Waals surface area contributed by atoms with Crippen LogP contribution >= 0.6 is 23.2 Å². The minimum atomic E-state index is -0.550. The Hall–Kier alpha value is -1.92. The molecule has 0 aliphatic rings. The fraction of sp³-hybridized carbons (Fsp3) is 0. The third kappa shape index (κ3) is 3.10. The van der Waals surface area contributed by atoms with Gasteiger partial charge in [-0.1, -0.05) is 29.3 Å². The van der Waals surface area contributed by atoms with Crippen molar-refractivity contribution in [2.45, 2.75) is 0 Å². The smallest absolute Gasteiger partial charge is 0.275 e. The van der Waals surface area contributed by atoms with Gasteiger partial charge in [0, 0.05) is 5.56 Å². The zero-order valence-electron chi connectivity index (χ0n) is 9.32. The lowest BCUT2D eigenvalue weighted by Gasteiger charge is -2.02. The van der Waals surface area contributed by atoms with Crippen molar-refractivity contribution in [3.63, 3.8) is 0 Å². The maximum absolute atomic E-state index is 13.4. The summed E-state index contributed by atoms with van der Waals surface area (Å²) in [5, 5.41) is 9.59. The lowest BCUT2D eigenvalue weighted by Crippen LogP contribution is -2.10. The molecule has 0 amide bonds. The second kappa shape index (κ2) is 5.81. The second-order valence-electron chi connectivity index (χ2n) is 3.43. The molecule has 2 N–H and O–H groups in total. The van der Waals surface area contributed by atoms with E-state index in [-0.39, 0.29) is 21.3 Å². The van der Waals surface area contributed by atoms with Gasteiger partial charge in [0.15, 0.2) is 0 Å². The van der Waals surface area contributed by atoms with Gasteiger partial charge in [-0.05, 0) is 12.1 Å². The number of aromatic nitrogens is 2. The van der Waals surface area contributed by atoms with E-state index < -0.39 is 11.4 Å². The fourth-order valence-corrected chi connectivity index (χ4v) is 1.61. The van der Waals surface area contributed by atoms with Gasteiger partial charge in [-0.3, -0.25) is 10.2 Å². The summed E-state index contributed by atoms with van der Waals surface area (Å²) >= 11 is 11.5. The first-order valence-corrected chi connectivity index (χ1v) is 5.81. The van der Waals surface area contributed by atoms with Crippen LogP contribution in [0.15, 0.2) is 34.3 Å². The monoisotopic (exact) mass is 300 g/mol. The van der Waals surface area contributed by atoms with Crippen LogP contribution in [0.25, 0.3) is 0 Å². The van der Waals surface area contributed by atoms with Crippen molar-refractivity contribution in [1.82, 2.24) is 10.2 Å². The Balaban J connectivity index is 2.21. The van der Waals surface area contributed by atoms with Crippen molar-refractivity contribution in [3.05, 3.63) is 56.2 Å². The van der Waals surface area contributed by atoms with Crippen LogP contribution in [0.2, 0.25) is 10.0 Å². The summed E-state index contributed by atoms with van der Waals surface area (Å²) in [5.41, 5.74) is 2.27. The van der Waals surface area contributed by atoms with Gasteiger partial charge >= 0.3 is 0 Å². The zero-order valence-corrected chi connectivity index (χ0v) is 10.8. The second-order valence-corrected chi connectivity index (χ2v) is 4.22. The Morgan fingerprint density at radius 1 is 1.42 bits per heavy atom. The maximum atomic E-state index is 13.4.